The first-order valence-corrected chi connectivity index (χ1v) is 7.24. The molecule has 2 atom stereocenters. The van der Waals surface area contributed by atoms with Gasteiger partial charge in [-0.25, -0.2) is 9.78 Å². The molecule has 1 rings (SSSR count). The van der Waals surface area contributed by atoms with Crippen molar-refractivity contribution in [3.8, 4) is 0 Å². The minimum Gasteiger partial charge on any atom is -0.444 e. The van der Waals surface area contributed by atoms with Gasteiger partial charge in [-0.1, -0.05) is 11.6 Å². The van der Waals surface area contributed by atoms with Gasteiger partial charge in [0, 0.05) is 18.3 Å². The Balaban J connectivity index is 2.79. The molecule has 2 unspecified atom stereocenters. The minimum absolute atomic E-state index is 0.383. The summed E-state index contributed by atoms with van der Waals surface area (Å²) in [5, 5.41) is 21.6. The zero-order valence-electron chi connectivity index (χ0n) is 13.2. The number of nitrogens with one attached hydrogen (secondary N) is 1. The zero-order valence-corrected chi connectivity index (χ0v) is 13.9. The summed E-state index contributed by atoms with van der Waals surface area (Å²) in [5.41, 5.74) is -2.28. The number of alkyl carbamates (subject to hydrolysis) is 1. The summed E-state index contributed by atoms with van der Waals surface area (Å²) < 4.78 is 43.0. The highest BCUT2D eigenvalue weighted by Crippen LogP contribution is 2.33. The maximum absolute atomic E-state index is 12.7. The van der Waals surface area contributed by atoms with E-state index in [9.17, 15) is 28.2 Å². The number of aliphatic hydroxyl groups is 2. The number of carbonyl (C=O) groups excluding carboxylic acids is 1. The number of halogens is 4. The number of carbonyl (C=O) groups is 1. The summed E-state index contributed by atoms with van der Waals surface area (Å²) in [6.07, 6.45) is -8.39. The molecule has 1 amide bonds. The molecule has 0 bridgehead atoms. The summed E-state index contributed by atoms with van der Waals surface area (Å²) in [7, 11) is 0. The number of rotatable bonds is 4. The van der Waals surface area contributed by atoms with E-state index in [4.69, 9.17) is 16.3 Å². The predicted octanol–water partition coefficient (Wildman–Crippen LogP) is 2.67. The second kappa shape index (κ2) is 7.54. The number of aliphatic hydroxyl groups excluding tert-OH is 2. The van der Waals surface area contributed by atoms with Crippen LogP contribution in [0.25, 0.3) is 0 Å². The maximum Gasteiger partial charge on any atom is 0.417 e. The average Bonchev–Trinajstić information content (AvgIpc) is 2.41. The largest absolute Gasteiger partial charge is 0.444 e. The molecule has 3 N–H and O–H groups in total. The van der Waals surface area contributed by atoms with Crippen molar-refractivity contribution in [3.05, 3.63) is 28.5 Å². The van der Waals surface area contributed by atoms with Crippen LogP contribution in [0, 0.1) is 0 Å². The van der Waals surface area contributed by atoms with E-state index in [1.54, 1.807) is 20.8 Å². The highest BCUT2D eigenvalue weighted by atomic mass is 35.5. The van der Waals surface area contributed by atoms with Crippen LogP contribution in [0.1, 0.15) is 38.0 Å². The summed E-state index contributed by atoms with van der Waals surface area (Å²) in [6, 6.07) is 0.594. The summed E-state index contributed by atoms with van der Waals surface area (Å²) in [4.78, 5) is 14.8. The molecule has 0 saturated heterocycles. The Morgan fingerprint density at radius 3 is 2.46 bits per heavy atom. The molecule has 1 heterocycles. The molecule has 0 spiro atoms. The molecule has 0 aliphatic heterocycles. The van der Waals surface area contributed by atoms with Crippen molar-refractivity contribution < 1.29 is 32.9 Å². The lowest BCUT2D eigenvalue weighted by Gasteiger charge is -2.22. The van der Waals surface area contributed by atoms with Crippen molar-refractivity contribution >= 4 is 17.7 Å². The highest BCUT2D eigenvalue weighted by Gasteiger charge is 2.33. The number of ether oxygens (including phenoxy) is 1. The monoisotopic (exact) mass is 370 g/mol. The quantitative estimate of drug-likeness (QED) is 0.709. The van der Waals surface area contributed by atoms with Gasteiger partial charge >= 0.3 is 12.3 Å². The number of nitrogens with zero attached hydrogens (tertiary/aromatic N) is 1. The van der Waals surface area contributed by atoms with Crippen LogP contribution < -0.4 is 5.32 Å². The molecule has 0 aliphatic rings. The Labute approximate surface area is 141 Å². The third-order valence-corrected chi connectivity index (χ3v) is 3.05. The van der Waals surface area contributed by atoms with Crippen molar-refractivity contribution in [2.24, 2.45) is 0 Å². The van der Waals surface area contributed by atoms with Gasteiger partial charge in [-0.2, -0.15) is 13.2 Å². The van der Waals surface area contributed by atoms with Gasteiger partial charge in [0.2, 0.25) is 0 Å². The van der Waals surface area contributed by atoms with Crippen LogP contribution in [-0.4, -0.2) is 39.5 Å². The Hall–Kier alpha value is -1.58. The first-order chi connectivity index (χ1) is 10.8. The maximum atomic E-state index is 12.7. The highest BCUT2D eigenvalue weighted by molar-refractivity contribution is 6.30. The van der Waals surface area contributed by atoms with Gasteiger partial charge in [0.1, 0.15) is 23.0 Å². The molecule has 0 aromatic carbocycles. The van der Waals surface area contributed by atoms with E-state index < -0.39 is 47.8 Å². The van der Waals surface area contributed by atoms with E-state index in [1.807, 2.05) is 0 Å². The predicted molar refractivity (Wildman–Crippen MR) is 79.5 cm³/mol. The van der Waals surface area contributed by atoms with Crippen LogP contribution in [0.15, 0.2) is 12.3 Å². The van der Waals surface area contributed by atoms with Gasteiger partial charge in [-0.05, 0) is 26.8 Å². The van der Waals surface area contributed by atoms with Crippen LogP contribution in [0.4, 0.5) is 18.0 Å². The van der Waals surface area contributed by atoms with Crippen LogP contribution in [0.5, 0.6) is 0 Å². The third kappa shape index (κ3) is 6.14. The summed E-state index contributed by atoms with van der Waals surface area (Å²) in [6.45, 7) is 4.44. The van der Waals surface area contributed by atoms with Crippen LogP contribution in [0.3, 0.4) is 0 Å². The Kier molecular flexibility index (Phi) is 6.43. The minimum atomic E-state index is -4.67. The fourth-order valence-electron chi connectivity index (χ4n) is 1.65. The summed E-state index contributed by atoms with van der Waals surface area (Å²) in [5.74, 6) is 0. The fourth-order valence-corrected chi connectivity index (χ4v) is 1.86. The molecule has 0 saturated carbocycles. The fraction of sp³-hybridized carbons (Fsp3) is 0.571. The second-order valence-electron chi connectivity index (χ2n) is 6.00. The first kappa shape index (κ1) is 20.5. The van der Waals surface area contributed by atoms with Crippen LogP contribution >= 0.6 is 11.6 Å². The van der Waals surface area contributed by atoms with Gasteiger partial charge in [-0.3, -0.25) is 0 Å². The molecule has 10 heteroatoms. The van der Waals surface area contributed by atoms with E-state index in [0.29, 0.717) is 12.3 Å². The third-order valence-electron chi connectivity index (χ3n) is 2.73. The topological polar surface area (TPSA) is 91.7 Å². The smallest absolute Gasteiger partial charge is 0.417 e. The van der Waals surface area contributed by atoms with Crippen molar-refractivity contribution in [1.29, 1.82) is 0 Å². The van der Waals surface area contributed by atoms with Gasteiger partial charge < -0.3 is 20.3 Å². The zero-order chi connectivity index (χ0) is 18.7. The van der Waals surface area contributed by atoms with Crippen molar-refractivity contribution in [2.45, 2.75) is 44.8 Å². The molecular formula is C14H18ClF3N2O4. The normalized spacial score (nSPS) is 14.9. The SMILES string of the molecule is CC(C)(C)OC(=O)NCC(O)C(O)c1cc(C(F)(F)F)cnc1Cl. The first-order valence-electron chi connectivity index (χ1n) is 6.87. The van der Waals surface area contributed by atoms with Crippen molar-refractivity contribution in [3.63, 3.8) is 0 Å². The second-order valence-corrected chi connectivity index (χ2v) is 6.35. The molecule has 0 aliphatic carbocycles. The lowest BCUT2D eigenvalue weighted by atomic mass is 10.0. The van der Waals surface area contributed by atoms with Gasteiger partial charge in [-0.15, -0.1) is 0 Å². The van der Waals surface area contributed by atoms with Gasteiger partial charge in [0.25, 0.3) is 0 Å². The molecular weight excluding hydrogens is 353 g/mol. The number of pyridine rings is 1. The molecule has 1 aromatic rings. The molecule has 1 aromatic heterocycles. The Morgan fingerprint density at radius 2 is 1.96 bits per heavy atom. The molecule has 24 heavy (non-hydrogen) atoms. The summed E-state index contributed by atoms with van der Waals surface area (Å²) >= 11 is 5.67. The molecule has 136 valence electrons. The van der Waals surface area contributed by atoms with E-state index in [2.05, 4.69) is 10.3 Å². The number of aromatic nitrogens is 1. The lowest BCUT2D eigenvalue weighted by Crippen LogP contribution is -2.39. The standard InChI is InChI=1S/C14H18ClF3N2O4/c1-13(2,3)24-12(23)20-6-9(21)10(22)8-4-7(14(16,17)18)5-19-11(8)15/h4-5,9-10,21-22H,6H2,1-3H3,(H,20,23). The van der Waals surface area contributed by atoms with E-state index in [1.165, 1.54) is 0 Å². The van der Waals surface area contributed by atoms with Crippen LogP contribution in [0.2, 0.25) is 5.15 Å². The van der Waals surface area contributed by atoms with Crippen LogP contribution in [-0.2, 0) is 10.9 Å². The van der Waals surface area contributed by atoms with Crippen molar-refractivity contribution in [2.75, 3.05) is 6.54 Å². The number of hydrogen-bond acceptors (Lipinski definition) is 5. The number of alkyl halides is 3. The Bertz CT molecular complexity index is 590. The number of hydrogen-bond donors (Lipinski definition) is 3. The average molecular weight is 371 g/mol. The molecule has 0 fully saturated rings. The lowest BCUT2D eigenvalue weighted by molar-refractivity contribution is -0.138. The number of amides is 1. The molecule has 6 nitrogen and oxygen atoms in total. The molecule has 0 radical (unpaired) electrons. The van der Waals surface area contributed by atoms with E-state index in [0.717, 1.165) is 0 Å². The van der Waals surface area contributed by atoms with E-state index in [-0.39, 0.29) is 5.15 Å². The van der Waals surface area contributed by atoms with Gasteiger partial charge in [0.05, 0.1) is 5.56 Å². The van der Waals surface area contributed by atoms with Crippen molar-refractivity contribution in [1.82, 2.24) is 10.3 Å². The Morgan fingerprint density at radius 1 is 1.38 bits per heavy atom. The van der Waals surface area contributed by atoms with E-state index >= 15 is 0 Å². The van der Waals surface area contributed by atoms with Gasteiger partial charge in [0.15, 0.2) is 0 Å².